The standard InChI is InChI=1S/C23H24N4O2S/c1-6-29-18-9-7-17(8-10-18)22(28)25-20-13(2)11-19-21(16(20)5)30-23(24-19)27-15(4)12-14(3)26-27/h7-12H,6H2,1-5H3,(H,25,28). The van der Waals surface area contributed by atoms with Crippen molar-refractivity contribution < 1.29 is 9.53 Å². The third-order valence-corrected chi connectivity index (χ3v) is 6.13. The van der Waals surface area contributed by atoms with Crippen molar-refractivity contribution >= 4 is 33.1 Å². The number of aryl methyl sites for hydroxylation is 4. The van der Waals surface area contributed by atoms with Crippen LogP contribution < -0.4 is 10.1 Å². The number of carbonyl (C=O) groups is 1. The Kier molecular flexibility index (Phi) is 5.30. The van der Waals surface area contributed by atoms with E-state index >= 15 is 0 Å². The Hall–Kier alpha value is -3.19. The lowest BCUT2D eigenvalue weighted by atomic mass is 10.1. The maximum absolute atomic E-state index is 12.8. The van der Waals surface area contributed by atoms with Crippen LogP contribution in [-0.2, 0) is 0 Å². The Morgan fingerprint density at radius 1 is 1.13 bits per heavy atom. The van der Waals surface area contributed by atoms with Gasteiger partial charge in [0.2, 0.25) is 5.13 Å². The number of rotatable bonds is 5. The molecule has 0 saturated carbocycles. The number of hydrogen-bond acceptors (Lipinski definition) is 5. The molecule has 0 aliphatic carbocycles. The molecule has 0 spiro atoms. The summed E-state index contributed by atoms with van der Waals surface area (Å²) in [6.45, 7) is 10.5. The molecule has 0 saturated heterocycles. The molecular weight excluding hydrogens is 396 g/mol. The number of anilines is 1. The Labute approximate surface area is 179 Å². The lowest BCUT2D eigenvalue weighted by Gasteiger charge is -2.12. The number of benzene rings is 2. The van der Waals surface area contributed by atoms with Crippen LogP contribution in [0.4, 0.5) is 5.69 Å². The SMILES string of the molecule is CCOc1ccc(C(=O)Nc2c(C)cc3nc(-n4nc(C)cc4C)sc3c2C)cc1. The zero-order valence-corrected chi connectivity index (χ0v) is 18.6. The number of fused-ring (bicyclic) bond motifs is 1. The monoisotopic (exact) mass is 420 g/mol. The zero-order valence-electron chi connectivity index (χ0n) is 17.7. The number of thiazole rings is 1. The van der Waals surface area contributed by atoms with Crippen LogP contribution in [0, 0.1) is 27.7 Å². The highest BCUT2D eigenvalue weighted by Gasteiger charge is 2.17. The Morgan fingerprint density at radius 3 is 2.50 bits per heavy atom. The first-order valence-electron chi connectivity index (χ1n) is 9.86. The van der Waals surface area contributed by atoms with Gasteiger partial charge in [-0.25, -0.2) is 9.67 Å². The van der Waals surface area contributed by atoms with Crippen LogP contribution in [0.25, 0.3) is 15.3 Å². The summed E-state index contributed by atoms with van der Waals surface area (Å²) in [5.41, 5.74) is 6.32. The number of ether oxygens (including phenoxy) is 1. The summed E-state index contributed by atoms with van der Waals surface area (Å²) >= 11 is 1.58. The van der Waals surface area contributed by atoms with E-state index in [1.165, 1.54) is 0 Å². The summed E-state index contributed by atoms with van der Waals surface area (Å²) in [7, 11) is 0. The van der Waals surface area contributed by atoms with E-state index in [-0.39, 0.29) is 5.91 Å². The van der Waals surface area contributed by atoms with Crippen LogP contribution in [-0.4, -0.2) is 27.3 Å². The highest BCUT2D eigenvalue weighted by atomic mass is 32.1. The number of nitrogens with zero attached hydrogens (tertiary/aromatic N) is 3. The van der Waals surface area contributed by atoms with Gasteiger partial charge in [0.05, 0.1) is 22.5 Å². The summed E-state index contributed by atoms with van der Waals surface area (Å²) in [6, 6.07) is 11.2. The van der Waals surface area contributed by atoms with Gasteiger partial charge in [0.15, 0.2) is 0 Å². The minimum atomic E-state index is -0.146. The molecule has 1 N–H and O–H groups in total. The quantitative estimate of drug-likeness (QED) is 0.471. The number of nitrogens with one attached hydrogen (secondary N) is 1. The number of amides is 1. The molecule has 0 atom stereocenters. The predicted molar refractivity (Wildman–Crippen MR) is 121 cm³/mol. The lowest BCUT2D eigenvalue weighted by molar-refractivity contribution is 0.102. The molecule has 1 amide bonds. The molecule has 30 heavy (non-hydrogen) atoms. The average Bonchev–Trinajstić information content (AvgIpc) is 3.28. The Bertz CT molecular complexity index is 1240. The molecule has 0 fully saturated rings. The molecule has 6 nitrogen and oxygen atoms in total. The van der Waals surface area contributed by atoms with Crippen molar-refractivity contribution in [2.24, 2.45) is 0 Å². The van der Waals surface area contributed by atoms with E-state index in [4.69, 9.17) is 9.72 Å². The summed E-state index contributed by atoms with van der Waals surface area (Å²) in [5.74, 6) is 0.607. The first-order valence-corrected chi connectivity index (χ1v) is 10.7. The van der Waals surface area contributed by atoms with E-state index in [0.717, 1.165) is 49.3 Å². The Balaban J connectivity index is 1.67. The summed E-state index contributed by atoms with van der Waals surface area (Å²) in [4.78, 5) is 17.6. The number of hydrogen-bond donors (Lipinski definition) is 1. The van der Waals surface area contributed by atoms with Crippen LogP contribution in [0.5, 0.6) is 5.75 Å². The van der Waals surface area contributed by atoms with Gasteiger partial charge in [-0.1, -0.05) is 11.3 Å². The van der Waals surface area contributed by atoms with Crippen molar-refractivity contribution in [1.82, 2.24) is 14.8 Å². The van der Waals surface area contributed by atoms with E-state index < -0.39 is 0 Å². The molecule has 4 rings (SSSR count). The number of aromatic nitrogens is 3. The largest absolute Gasteiger partial charge is 0.494 e. The van der Waals surface area contributed by atoms with Gasteiger partial charge in [0, 0.05) is 16.9 Å². The summed E-state index contributed by atoms with van der Waals surface area (Å²) in [6.07, 6.45) is 0. The van der Waals surface area contributed by atoms with E-state index in [0.29, 0.717) is 12.2 Å². The predicted octanol–water partition coefficient (Wildman–Crippen LogP) is 5.37. The molecule has 2 aromatic heterocycles. The lowest BCUT2D eigenvalue weighted by Crippen LogP contribution is -2.13. The molecule has 2 heterocycles. The molecule has 4 aromatic rings. The van der Waals surface area contributed by atoms with Crippen LogP contribution in [0.3, 0.4) is 0 Å². The molecule has 0 unspecified atom stereocenters. The van der Waals surface area contributed by atoms with Gasteiger partial charge in [-0.15, -0.1) is 0 Å². The topological polar surface area (TPSA) is 69.0 Å². The molecule has 0 aliphatic rings. The molecular formula is C23H24N4O2S. The molecule has 0 radical (unpaired) electrons. The second-order valence-electron chi connectivity index (χ2n) is 7.29. The van der Waals surface area contributed by atoms with Crippen LogP contribution in [0.15, 0.2) is 36.4 Å². The van der Waals surface area contributed by atoms with Crippen molar-refractivity contribution in [2.45, 2.75) is 34.6 Å². The van der Waals surface area contributed by atoms with E-state index in [9.17, 15) is 4.79 Å². The van der Waals surface area contributed by atoms with Gasteiger partial charge in [0.25, 0.3) is 5.91 Å². The van der Waals surface area contributed by atoms with Crippen molar-refractivity contribution in [3.05, 3.63) is 64.5 Å². The van der Waals surface area contributed by atoms with E-state index in [1.54, 1.807) is 23.5 Å². The van der Waals surface area contributed by atoms with Gasteiger partial charge in [-0.2, -0.15) is 5.10 Å². The first kappa shape index (κ1) is 20.1. The maximum Gasteiger partial charge on any atom is 0.255 e. The van der Waals surface area contributed by atoms with Gasteiger partial charge in [-0.3, -0.25) is 4.79 Å². The van der Waals surface area contributed by atoms with Crippen LogP contribution in [0.2, 0.25) is 0 Å². The van der Waals surface area contributed by atoms with E-state index in [2.05, 4.69) is 10.4 Å². The van der Waals surface area contributed by atoms with Crippen molar-refractivity contribution in [3.63, 3.8) is 0 Å². The summed E-state index contributed by atoms with van der Waals surface area (Å²) in [5, 5.41) is 8.45. The van der Waals surface area contributed by atoms with Gasteiger partial charge < -0.3 is 10.1 Å². The summed E-state index contributed by atoms with van der Waals surface area (Å²) < 4.78 is 8.36. The molecule has 0 bridgehead atoms. The third kappa shape index (κ3) is 3.68. The third-order valence-electron chi connectivity index (χ3n) is 4.96. The van der Waals surface area contributed by atoms with Crippen molar-refractivity contribution in [1.29, 1.82) is 0 Å². The molecule has 154 valence electrons. The smallest absolute Gasteiger partial charge is 0.255 e. The van der Waals surface area contributed by atoms with Gasteiger partial charge >= 0.3 is 0 Å². The second-order valence-corrected chi connectivity index (χ2v) is 8.27. The minimum absolute atomic E-state index is 0.146. The Morgan fingerprint density at radius 2 is 1.87 bits per heavy atom. The number of carbonyl (C=O) groups excluding carboxylic acids is 1. The molecule has 2 aromatic carbocycles. The zero-order chi connectivity index (χ0) is 21.4. The van der Waals surface area contributed by atoms with E-state index in [1.807, 2.05) is 63.6 Å². The van der Waals surface area contributed by atoms with Crippen LogP contribution in [0.1, 0.15) is 39.8 Å². The highest BCUT2D eigenvalue weighted by molar-refractivity contribution is 7.21. The fraction of sp³-hybridized carbons (Fsp3) is 0.261. The van der Waals surface area contributed by atoms with Crippen molar-refractivity contribution in [2.75, 3.05) is 11.9 Å². The normalized spacial score (nSPS) is 11.1. The molecule has 7 heteroatoms. The minimum Gasteiger partial charge on any atom is -0.494 e. The fourth-order valence-corrected chi connectivity index (χ4v) is 4.60. The van der Waals surface area contributed by atoms with Gasteiger partial charge in [-0.05, 0) is 82.1 Å². The highest BCUT2D eigenvalue weighted by Crippen LogP contribution is 2.35. The van der Waals surface area contributed by atoms with Crippen LogP contribution >= 0.6 is 11.3 Å². The van der Waals surface area contributed by atoms with Gasteiger partial charge in [0.1, 0.15) is 5.75 Å². The van der Waals surface area contributed by atoms with Crippen molar-refractivity contribution in [3.8, 4) is 10.9 Å². The fourth-order valence-electron chi connectivity index (χ4n) is 3.53. The second kappa shape index (κ2) is 7.91. The maximum atomic E-state index is 12.8. The first-order chi connectivity index (χ1) is 14.4. The average molecular weight is 421 g/mol. The molecule has 0 aliphatic heterocycles.